The van der Waals surface area contributed by atoms with Crippen LogP contribution in [-0.4, -0.2) is 30.3 Å². The van der Waals surface area contributed by atoms with E-state index >= 15 is 0 Å². The van der Waals surface area contributed by atoms with Crippen molar-refractivity contribution in [3.05, 3.63) is 35.1 Å². The van der Waals surface area contributed by atoms with Gasteiger partial charge in [-0.1, -0.05) is 6.42 Å². The molecule has 1 saturated heterocycles. The van der Waals surface area contributed by atoms with Crippen LogP contribution in [0.15, 0.2) is 18.2 Å². The van der Waals surface area contributed by atoms with Gasteiger partial charge in [-0.15, -0.1) is 0 Å². The third-order valence-corrected chi connectivity index (χ3v) is 3.69. The molecule has 21 heavy (non-hydrogen) atoms. The number of carbonyl (C=O) groups excluding carboxylic acids is 1. The van der Waals surface area contributed by atoms with Gasteiger partial charge in [-0.3, -0.25) is 4.79 Å². The average molecular weight is 303 g/mol. The van der Waals surface area contributed by atoms with E-state index in [4.69, 9.17) is 0 Å². The quantitative estimate of drug-likeness (QED) is 0.621. The van der Waals surface area contributed by atoms with Crippen molar-refractivity contribution in [3.8, 4) is 0 Å². The predicted octanol–water partition coefficient (Wildman–Crippen LogP) is 3.90. The van der Waals surface area contributed by atoms with Crippen molar-refractivity contribution < 1.29 is 22.4 Å². The summed E-state index contributed by atoms with van der Waals surface area (Å²) in [5, 5.41) is 0. The van der Waals surface area contributed by atoms with Crippen molar-refractivity contribution in [1.82, 2.24) is 4.90 Å². The first-order valence-corrected chi connectivity index (χ1v) is 7.00. The third-order valence-electron chi connectivity index (χ3n) is 3.69. The molecule has 0 N–H and O–H groups in total. The molecule has 0 unspecified atom stereocenters. The van der Waals surface area contributed by atoms with Gasteiger partial charge >= 0.3 is 6.18 Å². The number of halogens is 4. The normalized spacial score (nSPS) is 17.0. The molecule has 1 aliphatic heterocycles. The Morgan fingerprint density at radius 1 is 1.14 bits per heavy atom. The number of nitrogens with zero attached hydrogens (tertiary/aromatic N) is 1. The average Bonchev–Trinajstić information content (AvgIpc) is 2.45. The molecule has 1 aromatic rings. The molecule has 6 heteroatoms. The van der Waals surface area contributed by atoms with Gasteiger partial charge in [0.15, 0.2) is 5.78 Å². The molecular formula is C15H17F4NO. The largest absolute Gasteiger partial charge is 0.417 e. The van der Waals surface area contributed by atoms with Crippen molar-refractivity contribution in [1.29, 1.82) is 0 Å². The topological polar surface area (TPSA) is 20.3 Å². The number of hydrogen-bond acceptors (Lipinski definition) is 2. The first-order valence-electron chi connectivity index (χ1n) is 7.00. The number of carbonyl (C=O) groups is 1. The molecule has 0 saturated carbocycles. The van der Waals surface area contributed by atoms with Gasteiger partial charge in [0.1, 0.15) is 5.82 Å². The fraction of sp³-hybridized carbons (Fsp3) is 0.533. The van der Waals surface area contributed by atoms with Crippen LogP contribution in [0.1, 0.15) is 41.6 Å². The van der Waals surface area contributed by atoms with Crippen molar-refractivity contribution in [3.63, 3.8) is 0 Å². The second kappa shape index (κ2) is 6.56. The molecule has 1 aliphatic rings. The molecule has 1 aromatic carbocycles. The van der Waals surface area contributed by atoms with Crippen molar-refractivity contribution >= 4 is 5.78 Å². The second-order valence-electron chi connectivity index (χ2n) is 5.26. The summed E-state index contributed by atoms with van der Waals surface area (Å²) in [5.74, 6) is -1.58. The monoisotopic (exact) mass is 303 g/mol. The fourth-order valence-electron chi connectivity index (χ4n) is 2.57. The van der Waals surface area contributed by atoms with E-state index in [2.05, 4.69) is 4.90 Å². The zero-order chi connectivity index (χ0) is 15.5. The van der Waals surface area contributed by atoms with Crippen LogP contribution in [-0.2, 0) is 6.18 Å². The summed E-state index contributed by atoms with van der Waals surface area (Å²) < 4.78 is 51.6. The summed E-state index contributed by atoms with van der Waals surface area (Å²) in [4.78, 5) is 14.1. The number of Topliss-reactive ketones (excluding diaryl/α,β-unsaturated/α-hetero) is 1. The predicted molar refractivity (Wildman–Crippen MR) is 70.6 cm³/mol. The molecule has 2 rings (SSSR count). The number of benzene rings is 1. The Labute approximate surface area is 120 Å². The highest BCUT2D eigenvalue weighted by molar-refractivity contribution is 5.97. The molecule has 0 aliphatic carbocycles. The van der Waals surface area contributed by atoms with E-state index in [1.807, 2.05) is 0 Å². The molecule has 0 bridgehead atoms. The first-order chi connectivity index (χ1) is 9.88. The minimum absolute atomic E-state index is 0.0225. The molecule has 0 amide bonds. The summed E-state index contributed by atoms with van der Waals surface area (Å²) in [6.45, 7) is 2.21. The SMILES string of the molecule is O=C(CCN1CCCCC1)c1ccc(F)cc1C(F)(F)F. The maximum Gasteiger partial charge on any atom is 0.417 e. The molecule has 0 radical (unpaired) electrons. The van der Waals surface area contributed by atoms with E-state index in [9.17, 15) is 22.4 Å². The molecule has 0 spiro atoms. The van der Waals surface area contributed by atoms with Crippen LogP contribution < -0.4 is 0 Å². The second-order valence-corrected chi connectivity index (χ2v) is 5.26. The molecule has 0 atom stereocenters. The van der Waals surface area contributed by atoms with Gasteiger partial charge in [0.05, 0.1) is 5.56 Å². The lowest BCUT2D eigenvalue weighted by Crippen LogP contribution is -2.31. The third kappa shape index (κ3) is 4.27. The Morgan fingerprint density at radius 3 is 2.43 bits per heavy atom. The molecule has 116 valence electrons. The van der Waals surface area contributed by atoms with Crippen LogP contribution in [0.2, 0.25) is 0 Å². The summed E-state index contributed by atoms with van der Waals surface area (Å²) >= 11 is 0. The lowest BCUT2D eigenvalue weighted by molar-refractivity contribution is -0.138. The molecule has 2 nitrogen and oxygen atoms in total. The van der Waals surface area contributed by atoms with Gasteiger partial charge in [0, 0.05) is 18.5 Å². The minimum Gasteiger partial charge on any atom is -0.303 e. The number of ketones is 1. The first kappa shape index (κ1) is 15.9. The van der Waals surface area contributed by atoms with Crippen molar-refractivity contribution in [2.75, 3.05) is 19.6 Å². The molecule has 1 fully saturated rings. The fourth-order valence-corrected chi connectivity index (χ4v) is 2.57. The maximum absolute atomic E-state index is 13.0. The van der Waals surface area contributed by atoms with E-state index in [1.165, 1.54) is 0 Å². The van der Waals surface area contributed by atoms with Gasteiger partial charge < -0.3 is 4.90 Å². The van der Waals surface area contributed by atoms with E-state index < -0.39 is 28.9 Å². The Bertz CT molecular complexity index is 507. The van der Waals surface area contributed by atoms with Gasteiger partial charge in [0.2, 0.25) is 0 Å². The van der Waals surface area contributed by atoms with E-state index in [1.54, 1.807) is 0 Å². The number of alkyl halides is 3. The van der Waals surface area contributed by atoms with Crippen molar-refractivity contribution in [2.45, 2.75) is 31.9 Å². The Hall–Kier alpha value is -1.43. The molecular weight excluding hydrogens is 286 g/mol. The summed E-state index contributed by atoms with van der Waals surface area (Å²) in [7, 11) is 0. The van der Waals surface area contributed by atoms with E-state index in [0.717, 1.165) is 44.5 Å². The number of piperidine rings is 1. The van der Waals surface area contributed by atoms with Crippen molar-refractivity contribution in [2.24, 2.45) is 0 Å². The number of likely N-dealkylation sites (tertiary alicyclic amines) is 1. The Balaban J connectivity index is 2.08. The van der Waals surface area contributed by atoms with Gasteiger partial charge in [0.25, 0.3) is 0 Å². The zero-order valence-electron chi connectivity index (χ0n) is 11.5. The standard InChI is InChI=1S/C15H17F4NO/c16-11-4-5-12(13(10-11)15(17,18)19)14(21)6-9-20-7-2-1-3-8-20/h4-5,10H,1-3,6-9H2. The highest BCUT2D eigenvalue weighted by Gasteiger charge is 2.35. The highest BCUT2D eigenvalue weighted by atomic mass is 19.4. The molecule has 0 aromatic heterocycles. The van der Waals surface area contributed by atoms with Crippen LogP contribution in [0.5, 0.6) is 0 Å². The van der Waals surface area contributed by atoms with Crippen LogP contribution >= 0.6 is 0 Å². The van der Waals surface area contributed by atoms with Gasteiger partial charge in [-0.2, -0.15) is 13.2 Å². The lowest BCUT2D eigenvalue weighted by Gasteiger charge is -2.26. The van der Waals surface area contributed by atoms with E-state index in [-0.39, 0.29) is 6.42 Å². The van der Waals surface area contributed by atoms with Crippen LogP contribution in [0.3, 0.4) is 0 Å². The van der Waals surface area contributed by atoms with E-state index in [0.29, 0.717) is 12.6 Å². The smallest absolute Gasteiger partial charge is 0.303 e. The van der Waals surface area contributed by atoms with Crippen LogP contribution in [0.4, 0.5) is 17.6 Å². The number of hydrogen-bond donors (Lipinski definition) is 0. The van der Waals surface area contributed by atoms with Crippen LogP contribution in [0, 0.1) is 5.82 Å². The van der Waals surface area contributed by atoms with Crippen LogP contribution in [0.25, 0.3) is 0 Å². The summed E-state index contributed by atoms with van der Waals surface area (Å²) in [6.07, 6.45) is -1.44. The minimum atomic E-state index is -4.72. The number of rotatable bonds is 4. The highest BCUT2D eigenvalue weighted by Crippen LogP contribution is 2.33. The van der Waals surface area contributed by atoms with Gasteiger partial charge in [-0.05, 0) is 44.1 Å². The Morgan fingerprint density at radius 2 is 1.81 bits per heavy atom. The lowest BCUT2D eigenvalue weighted by atomic mass is 10.0. The summed E-state index contributed by atoms with van der Waals surface area (Å²) in [6, 6.07) is 2.20. The Kier molecular flexibility index (Phi) is 4.98. The molecule has 1 heterocycles. The zero-order valence-corrected chi connectivity index (χ0v) is 11.5. The summed E-state index contributed by atoms with van der Waals surface area (Å²) in [5.41, 5.74) is -1.63. The van der Waals surface area contributed by atoms with Gasteiger partial charge in [-0.25, -0.2) is 4.39 Å². The maximum atomic E-state index is 13.0.